The van der Waals surface area contributed by atoms with E-state index < -0.39 is 0 Å². The maximum absolute atomic E-state index is 2.52. The largest absolute Gasteiger partial charge is 0.309 e. The first-order valence-corrected chi connectivity index (χ1v) is 21.1. The molecule has 0 amide bonds. The van der Waals surface area contributed by atoms with Crippen molar-refractivity contribution in [3.8, 4) is 11.1 Å². The Hall–Kier alpha value is -5.94. The van der Waals surface area contributed by atoms with Gasteiger partial charge >= 0.3 is 0 Å². The van der Waals surface area contributed by atoms with Crippen molar-refractivity contribution in [2.45, 2.75) is 40.5 Å². The Morgan fingerprint density at radius 2 is 0.946 bits per heavy atom. The van der Waals surface area contributed by atoms with E-state index >= 15 is 0 Å². The van der Waals surface area contributed by atoms with Crippen LogP contribution in [-0.4, -0.2) is 0 Å². The van der Waals surface area contributed by atoms with Gasteiger partial charge in [0.1, 0.15) is 0 Å². The maximum atomic E-state index is 2.52. The zero-order valence-electron chi connectivity index (χ0n) is 32.1. The van der Waals surface area contributed by atoms with Crippen LogP contribution in [0.3, 0.4) is 0 Å². The molecule has 0 saturated heterocycles. The van der Waals surface area contributed by atoms with E-state index in [9.17, 15) is 0 Å². The molecule has 7 aromatic carbocycles. The Morgan fingerprint density at radius 1 is 0.429 bits per heavy atom. The van der Waals surface area contributed by atoms with E-state index in [1.165, 1.54) is 108 Å². The fourth-order valence-corrected chi connectivity index (χ4v) is 11.2. The van der Waals surface area contributed by atoms with Crippen molar-refractivity contribution in [3.05, 3.63) is 190 Å². The molecule has 2 heterocycles. The first-order valence-electron chi connectivity index (χ1n) is 19.5. The number of fused-ring (bicyclic) bond motifs is 6. The summed E-state index contributed by atoms with van der Waals surface area (Å²) in [6, 6.07) is 56.0. The predicted molar refractivity (Wildman–Crippen MR) is 245 cm³/mol. The lowest BCUT2D eigenvalue weighted by molar-refractivity contribution is 0.987. The first kappa shape index (κ1) is 34.5. The van der Waals surface area contributed by atoms with Gasteiger partial charge in [-0.15, -0.1) is 22.7 Å². The first-order chi connectivity index (χ1) is 27.4. The second kappa shape index (κ2) is 14.0. The molecule has 0 saturated carbocycles. The number of hydrogen-bond acceptors (Lipinski definition) is 4. The summed E-state index contributed by atoms with van der Waals surface area (Å²) in [6.45, 7) is 8.97. The lowest BCUT2D eigenvalue weighted by atomic mass is 9.96. The monoisotopic (exact) mass is 758 g/mol. The predicted octanol–water partition coefficient (Wildman–Crippen LogP) is 15.8. The number of thiophene rings is 2. The Bertz CT molecular complexity index is 3000. The minimum absolute atomic E-state index is 1.03. The van der Waals surface area contributed by atoms with Crippen molar-refractivity contribution >= 4 is 87.1 Å². The summed E-state index contributed by atoms with van der Waals surface area (Å²) >= 11 is 3.81. The molecule has 0 spiro atoms. The summed E-state index contributed by atoms with van der Waals surface area (Å²) in [5.74, 6) is 0. The van der Waals surface area contributed by atoms with Gasteiger partial charge in [-0.05, 0) is 139 Å². The standard InChI is InChI=1S/C52H42N2S2/c1-33-15-5-9-21-43(33)53(47-23-13-19-41-39-17-7-11-25-49(39)55-51(41)47)45-29-27-37(31-35(45)3)38-28-30-46(36(4)32-38)54(44-22-10-6-16-34(44)2)48-24-14-20-42-40-18-8-12-26-50(40)56-52(42)48/h5-13,15-19,21-32H,14,20H2,1-4H3. The summed E-state index contributed by atoms with van der Waals surface area (Å²) in [4.78, 5) is 6.38. The summed E-state index contributed by atoms with van der Waals surface area (Å²) in [7, 11) is 0. The van der Waals surface area contributed by atoms with Crippen LogP contribution >= 0.6 is 22.7 Å². The third kappa shape index (κ3) is 5.75. The topological polar surface area (TPSA) is 6.48 Å². The molecule has 10 rings (SSSR count). The molecular weight excluding hydrogens is 717 g/mol. The summed E-state index contributed by atoms with van der Waals surface area (Å²) < 4.78 is 3.98. The molecule has 56 heavy (non-hydrogen) atoms. The van der Waals surface area contributed by atoms with Crippen LogP contribution in [0.4, 0.5) is 28.4 Å². The average Bonchev–Trinajstić information content (AvgIpc) is 3.80. The van der Waals surface area contributed by atoms with Gasteiger partial charge < -0.3 is 9.80 Å². The lowest BCUT2D eigenvalue weighted by Crippen LogP contribution is -2.19. The third-order valence-electron chi connectivity index (χ3n) is 11.4. The van der Waals surface area contributed by atoms with Gasteiger partial charge in [-0.1, -0.05) is 103 Å². The molecule has 9 aromatic rings. The number of rotatable bonds is 7. The van der Waals surface area contributed by atoms with Gasteiger partial charge in [0, 0.05) is 42.9 Å². The Balaban J connectivity index is 1.07. The minimum Gasteiger partial charge on any atom is -0.309 e. The van der Waals surface area contributed by atoms with E-state index in [-0.39, 0.29) is 0 Å². The van der Waals surface area contributed by atoms with Gasteiger partial charge in [-0.25, -0.2) is 0 Å². The Labute approximate surface area is 337 Å². The van der Waals surface area contributed by atoms with Crippen molar-refractivity contribution in [3.63, 3.8) is 0 Å². The maximum Gasteiger partial charge on any atom is 0.0640 e. The van der Waals surface area contributed by atoms with Gasteiger partial charge in [0.25, 0.3) is 0 Å². The molecule has 1 aliphatic carbocycles. The number of hydrogen-bond donors (Lipinski definition) is 0. The highest BCUT2D eigenvalue weighted by atomic mass is 32.1. The van der Waals surface area contributed by atoms with Crippen LogP contribution in [0.5, 0.6) is 0 Å². The number of para-hydroxylation sites is 2. The zero-order valence-corrected chi connectivity index (χ0v) is 33.8. The van der Waals surface area contributed by atoms with E-state index in [0.29, 0.717) is 0 Å². The highest BCUT2D eigenvalue weighted by Crippen LogP contribution is 2.48. The number of allylic oxidation sites excluding steroid dienone is 1. The molecule has 2 aromatic heterocycles. The van der Waals surface area contributed by atoms with Gasteiger partial charge in [0.2, 0.25) is 0 Å². The number of aryl methyl sites for hydroxylation is 5. The molecule has 4 heteroatoms. The van der Waals surface area contributed by atoms with Crippen LogP contribution in [0.2, 0.25) is 0 Å². The van der Waals surface area contributed by atoms with Crippen LogP contribution in [0, 0.1) is 27.7 Å². The van der Waals surface area contributed by atoms with Crippen LogP contribution in [0.15, 0.2) is 158 Å². The van der Waals surface area contributed by atoms with Crippen molar-refractivity contribution in [1.82, 2.24) is 0 Å². The molecule has 1 aliphatic rings. The van der Waals surface area contributed by atoms with Crippen LogP contribution in [0.1, 0.15) is 39.1 Å². The molecule has 0 unspecified atom stereocenters. The Kier molecular flexibility index (Phi) is 8.62. The molecular formula is C52H42N2S2. The fraction of sp³-hybridized carbons (Fsp3) is 0.115. The van der Waals surface area contributed by atoms with Crippen LogP contribution in [-0.2, 0) is 6.42 Å². The smallest absolute Gasteiger partial charge is 0.0640 e. The average molecular weight is 759 g/mol. The summed E-state index contributed by atoms with van der Waals surface area (Å²) in [6.07, 6.45) is 4.57. The SMILES string of the molecule is Cc1ccccc1N(C1=CCCc2c1sc1ccccc21)c1ccc(-c2ccc(N(c3ccccc3C)c3cccc4c3sc3ccccc34)c(C)c2)cc1C. The van der Waals surface area contributed by atoms with Crippen molar-refractivity contribution in [2.24, 2.45) is 0 Å². The molecule has 0 radical (unpaired) electrons. The van der Waals surface area contributed by atoms with E-state index in [2.05, 4.69) is 195 Å². The highest BCUT2D eigenvalue weighted by molar-refractivity contribution is 7.26. The van der Waals surface area contributed by atoms with Gasteiger partial charge in [0.15, 0.2) is 0 Å². The molecule has 0 N–H and O–H groups in total. The van der Waals surface area contributed by atoms with E-state index in [1.807, 2.05) is 22.7 Å². The second-order valence-electron chi connectivity index (χ2n) is 15.0. The second-order valence-corrected chi connectivity index (χ2v) is 17.1. The Morgan fingerprint density at radius 3 is 1.61 bits per heavy atom. The van der Waals surface area contributed by atoms with Gasteiger partial charge in [0.05, 0.1) is 21.0 Å². The van der Waals surface area contributed by atoms with E-state index in [4.69, 9.17) is 0 Å². The van der Waals surface area contributed by atoms with Crippen molar-refractivity contribution in [2.75, 3.05) is 9.80 Å². The summed E-state index contributed by atoms with van der Waals surface area (Å²) in [5.41, 5.74) is 16.3. The number of anilines is 5. The fourth-order valence-electron chi connectivity index (χ4n) is 8.68. The minimum atomic E-state index is 1.03. The normalized spacial score (nSPS) is 12.6. The molecule has 272 valence electrons. The molecule has 0 atom stereocenters. The molecule has 0 fully saturated rings. The third-order valence-corrected chi connectivity index (χ3v) is 13.9. The van der Waals surface area contributed by atoms with E-state index in [1.54, 1.807) is 0 Å². The number of nitrogens with zero attached hydrogens (tertiary/aromatic N) is 2. The van der Waals surface area contributed by atoms with Crippen LogP contribution in [0.25, 0.3) is 47.1 Å². The quantitative estimate of drug-likeness (QED) is 0.160. The summed E-state index contributed by atoms with van der Waals surface area (Å²) in [5, 5.41) is 4.02. The zero-order chi connectivity index (χ0) is 37.9. The molecule has 2 nitrogen and oxygen atoms in total. The molecule has 0 aliphatic heterocycles. The van der Waals surface area contributed by atoms with E-state index in [0.717, 1.165) is 12.8 Å². The van der Waals surface area contributed by atoms with Gasteiger partial charge in [-0.3, -0.25) is 0 Å². The van der Waals surface area contributed by atoms with Crippen LogP contribution < -0.4 is 9.80 Å². The van der Waals surface area contributed by atoms with Crippen molar-refractivity contribution in [1.29, 1.82) is 0 Å². The number of benzene rings is 7. The van der Waals surface area contributed by atoms with Gasteiger partial charge in [-0.2, -0.15) is 0 Å². The van der Waals surface area contributed by atoms with Crippen molar-refractivity contribution < 1.29 is 0 Å². The highest BCUT2D eigenvalue weighted by Gasteiger charge is 2.27. The molecule has 0 bridgehead atoms. The lowest BCUT2D eigenvalue weighted by Gasteiger charge is -2.32.